The SMILES string of the molecule is Cc1cc(C)nc(Sc2ccc(C=O)cc2[N+](=O)[O-])n1. The molecule has 1 aromatic heterocycles. The Morgan fingerprint density at radius 3 is 2.40 bits per heavy atom. The summed E-state index contributed by atoms with van der Waals surface area (Å²) >= 11 is 1.11. The number of hydrogen-bond acceptors (Lipinski definition) is 6. The molecule has 0 saturated carbocycles. The standard InChI is InChI=1S/C13H11N3O3S/c1-8-5-9(2)15-13(14-8)20-12-4-3-10(7-17)6-11(12)16(18)19/h3-7H,1-2H3. The first-order valence-corrected chi connectivity index (χ1v) is 6.55. The Labute approximate surface area is 119 Å². The molecule has 0 bridgehead atoms. The molecule has 0 unspecified atom stereocenters. The lowest BCUT2D eigenvalue weighted by Gasteiger charge is -2.04. The summed E-state index contributed by atoms with van der Waals surface area (Å²) in [6, 6.07) is 6.14. The van der Waals surface area contributed by atoms with Crippen molar-refractivity contribution in [2.75, 3.05) is 0 Å². The van der Waals surface area contributed by atoms with Crippen molar-refractivity contribution in [2.24, 2.45) is 0 Å². The highest BCUT2D eigenvalue weighted by molar-refractivity contribution is 7.99. The Morgan fingerprint density at radius 2 is 1.85 bits per heavy atom. The summed E-state index contributed by atoms with van der Waals surface area (Å²) in [5, 5.41) is 11.5. The van der Waals surface area contributed by atoms with Gasteiger partial charge in [-0.15, -0.1) is 0 Å². The second-order valence-corrected chi connectivity index (χ2v) is 5.15. The highest BCUT2D eigenvalue weighted by atomic mass is 32.2. The van der Waals surface area contributed by atoms with Crippen LogP contribution >= 0.6 is 11.8 Å². The Morgan fingerprint density at radius 1 is 1.20 bits per heavy atom. The van der Waals surface area contributed by atoms with Crippen LogP contribution in [0.15, 0.2) is 34.3 Å². The van der Waals surface area contributed by atoms with Crippen LogP contribution in [0, 0.1) is 24.0 Å². The van der Waals surface area contributed by atoms with Gasteiger partial charge in [0.2, 0.25) is 0 Å². The highest BCUT2D eigenvalue weighted by Crippen LogP contribution is 2.33. The smallest absolute Gasteiger partial charge is 0.284 e. The van der Waals surface area contributed by atoms with E-state index in [-0.39, 0.29) is 11.3 Å². The van der Waals surface area contributed by atoms with E-state index in [4.69, 9.17) is 0 Å². The fraction of sp³-hybridized carbons (Fsp3) is 0.154. The van der Waals surface area contributed by atoms with E-state index in [0.29, 0.717) is 16.3 Å². The summed E-state index contributed by atoms with van der Waals surface area (Å²) in [7, 11) is 0. The van der Waals surface area contributed by atoms with Gasteiger partial charge in [0.1, 0.15) is 6.29 Å². The third kappa shape index (κ3) is 3.18. The average molecular weight is 289 g/mol. The number of benzene rings is 1. The predicted octanol–water partition coefficient (Wildman–Crippen LogP) is 2.97. The molecule has 7 heteroatoms. The number of aryl methyl sites for hydroxylation is 2. The molecule has 0 radical (unpaired) electrons. The Balaban J connectivity index is 2.42. The third-order valence-corrected chi connectivity index (χ3v) is 3.41. The summed E-state index contributed by atoms with van der Waals surface area (Å²) < 4.78 is 0. The minimum Gasteiger partial charge on any atom is -0.298 e. The van der Waals surface area contributed by atoms with E-state index < -0.39 is 4.92 Å². The second kappa shape index (κ2) is 5.79. The summed E-state index contributed by atoms with van der Waals surface area (Å²) in [6.07, 6.45) is 0.578. The van der Waals surface area contributed by atoms with Gasteiger partial charge in [0, 0.05) is 23.0 Å². The molecule has 1 aromatic carbocycles. The summed E-state index contributed by atoms with van der Waals surface area (Å²) in [6.45, 7) is 3.67. The van der Waals surface area contributed by atoms with Crippen molar-refractivity contribution in [3.05, 3.63) is 51.3 Å². The predicted molar refractivity (Wildman–Crippen MR) is 74.1 cm³/mol. The van der Waals surface area contributed by atoms with Crippen LogP contribution in [-0.4, -0.2) is 21.2 Å². The highest BCUT2D eigenvalue weighted by Gasteiger charge is 2.17. The molecule has 102 valence electrons. The molecule has 0 saturated heterocycles. The van der Waals surface area contributed by atoms with Crippen molar-refractivity contribution in [1.82, 2.24) is 9.97 Å². The second-order valence-electron chi connectivity index (χ2n) is 4.14. The first-order chi connectivity index (χ1) is 9.49. The maximum Gasteiger partial charge on any atom is 0.284 e. The van der Waals surface area contributed by atoms with Gasteiger partial charge in [-0.25, -0.2) is 9.97 Å². The number of nitro groups is 1. The number of hydrogen-bond donors (Lipinski definition) is 0. The van der Waals surface area contributed by atoms with Gasteiger partial charge < -0.3 is 0 Å². The zero-order valence-electron chi connectivity index (χ0n) is 10.9. The summed E-state index contributed by atoms with van der Waals surface area (Å²) in [4.78, 5) is 30.1. The molecular weight excluding hydrogens is 278 g/mol. The number of nitrogens with zero attached hydrogens (tertiary/aromatic N) is 3. The molecule has 2 rings (SSSR count). The van der Waals surface area contributed by atoms with Crippen LogP contribution in [0.1, 0.15) is 21.7 Å². The van der Waals surface area contributed by atoms with Crippen molar-refractivity contribution in [3.8, 4) is 0 Å². The van der Waals surface area contributed by atoms with E-state index in [1.165, 1.54) is 18.2 Å². The van der Waals surface area contributed by atoms with Crippen molar-refractivity contribution < 1.29 is 9.72 Å². The molecule has 0 aliphatic rings. The number of aldehydes is 1. The zero-order valence-corrected chi connectivity index (χ0v) is 11.7. The maximum atomic E-state index is 11.0. The Hall–Kier alpha value is -2.28. The lowest BCUT2D eigenvalue weighted by molar-refractivity contribution is -0.387. The quantitative estimate of drug-likeness (QED) is 0.372. The zero-order chi connectivity index (χ0) is 14.7. The van der Waals surface area contributed by atoms with Crippen molar-refractivity contribution in [2.45, 2.75) is 23.9 Å². The van der Waals surface area contributed by atoms with Crippen LogP contribution in [0.2, 0.25) is 0 Å². The van der Waals surface area contributed by atoms with E-state index in [1.807, 2.05) is 19.9 Å². The molecule has 0 N–H and O–H groups in total. The minimum absolute atomic E-state index is 0.123. The minimum atomic E-state index is -0.516. The molecule has 0 amide bonds. The molecule has 1 heterocycles. The molecule has 0 atom stereocenters. The fourth-order valence-electron chi connectivity index (χ4n) is 1.67. The van der Waals surface area contributed by atoms with Gasteiger partial charge in [0.15, 0.2) is 5.16 Å². The van der Waals surface area contributed by atoms with Crippen LogP contribution in [0.4, 0.5) is 5.69 Å². The first-order valence-electron chi connectivity index (χ1n) is 5.73. The monoisotopic (exact) mass is 289 g/mol. The molecular formula is C13H11N3O3S. The molecule has 6 nitrogen and oxygen atoms in total. The third-order valence-electron chi connectivity index (χ3n) is 2.48. The van der Waals surface area contributed by atoms with Gasteiger partial charge in [-0.2, -0.15) is 0 Å². The summed E-state index contributed by atoms with van der Waals surface area (Å²) in [5.41, 5.74) is 1.74. The van der Waals surface area contributed by atoms with Crippen LogP contribution in [0.3, 0.4) is 0 Å². The first kappa shape index (κ1) is 14.1. The normalized spacial score (nSPS) is 10.3. The molecule has 0 aliphatic heterocycles. The largest absolute Gasteiger partial charge is 0.298 e. The van der Waals surface area contributed by atoms with Crippen LogP contribution < -0.4 is 0 Å². The van der Waals surface area contributed by atoms with E-state index >= 15 is 0 Å². The molecule has 20 heavy (non-hydrogen) atoms. The maximum absolute atomic E-state index is 11.0. The number of nitro benzene ring substituents is 1. The Bertz CT molecular complexity index is 668. The Kier molecular flexibility index (Phi) is 4.09. The van der Waals surface area contributed by atoms with Crippen LogP contribution in [0.25, 0.3) is 0 Å². The van der Waals surface area contributed by atoms with Gasteiger partial charge in [0.25, 0.3) is 5.69 Å². The van der Waals surface area contributed by atoms with E-state index in [2.05, 4.69) is 9.97 Å². The number of rotatable bonds is 4. The molecule has 0 spiro atoms. The molecule has 0 fully saturated rings. The van der Waals surface area contributed by atoms with Crippen LogP contribution in [-0.2, 0) is 0 Å². The van der Waals surface area contributed by atoms with E-state index in [1.54, 1.807) is 0 Å². The topological polar surface area (TPSA) is 86.0 Å². The van der Waals surface area contributed by atoms with Gasteiger partial charge in [-0.1, -0.05) is 6.07 Å². The van der Waals surface area contributed by atoms with Crippen molar-refractivity contribution in [1.29, 1.82) is 0 Å². The van der Waals surface area contributed by atoms with Crippen LogP contribution in [0.5, 0.6) is 0 Å². The van der Waals surface area contributed by atoms with Crippen molar-refractivity contribution in [3.63, 3.8) is 0 Å². The fourth-order valence-corrected chi connectivity index (χ4v) is 2.62. The number of carbonyl (C=O) groups is 1. The number of aromatic nitrogens is 2. The lowest BCUT2D eigenvalue weighted by atomic mass is 10.2. The van der Waals surface area contributed by atoms with E-state index in [0.717, 1.165) is 23.1 Å². The van der Waals surface area contributed by atoms with E-state index in [9.17, 15) is 14.9 Å². The van der Waals surface area contributed by atoms with Gasteiger partial charge >= 0.3 is 0 Å². The summed E-state index contributed by atoms with van der Waals surface area (Å²) in [5.74, 6) is 0. The average Bonchev–Trinajstić information content (AvgIpc) is 2.37. The molecule has 0 aliphatic carbocycles. The van der Waals surface area contributed by atoms with Gasteiger partial charge in [0.05, 0.1) is 9.82 Å². The molecule has 2 aromatic rings. The number of carbonyl (C=O) groups excluding carboxylic acids is 1. The van der Waals surface area contributed by atoms with Crippen molar-refractivity contribution >= 4 is 23.7 Å². The lowest BCUT2D eigenvalue weighted by Crippen LogP contribution is -1.96. The van der Waals surface area contributed by atoms with Gasteiger partial charge in [-0.05, 0) is 37.7 Å². The van der Waals surface area contributed by atoms with Gasteiger partial charge in [-0.3, -0.25) is 14.9 Å².